The fourth-order valence-corrected chi connectivity index (χ4v) is 4.09. The topological polar surface area (TPSA) is 87.1 Å². The summed E-state index contributed by atoms with van der Waals surface area (Å²) in [6, 6.07) is 23.8. The van der Waals surface area contributed by atoms with Crippen molar-refractivity contribution in [1.82, 2.24) is 0 Å². The third-order valence-corrected chi connectivity index (χ3v) is 5.62. The third kappa shape index (κ3) is 6.00. The van der Waals surface area contributed by atoms with Crippen LogP contribution >= 0.6 is 0 Å². The first-order chi connectivity index (χ1) is 14.4. The quantitative estimate of drug-likeness (QED) is 0.520. The largest absolute Gasteiger partial charge is 0.382 e. The summed E-state index contributed by atoms with van der Waals surface area (Å²) in [5.74, 6) is 0.820. The molecule has 3 aromatic carbocycles. The van der Waals surface area contributed by atoms with Gasteiger partial charge in [-0.3, -0.25) is 4.79 Å². The van der Waals surface area contributed by atoms with E-state index in [9.17, 15) is 4.79 Å². The van der Waals surface area contributed by atoms with E-state index in [4.69, 9.17) is 13.2 Å². The number of fused-ring (bicyclic) bond motifs is 1. The van der Waals surface area contributed by atoms with Crippen molar-refractivity contribution in [2.45, 2.75) is 44.6 Å². The van der Waals surface area contributed by atoms with Crippen molar-refractivity contribution < 1.29 is 13.2 Å². The number of rotatable bonds is 4. The van der Waals surface area contributed by atoms with Gasteiger partial charge in [0.05, 0.1) is 0 Å². The molecule has 0 aromatic heterocycles. The van der Waals surface area contributed by atoms with Crippen molar-refractivity contribution >= 4 is 32.7 Å². The van der Waals surface area contributed by atoms with Crippen LogP contribution in [0.2, 0.25) is 0 Å². The van der Waals surface area contributed by atoms with Gasteiger partial charge in [-0.2, -0.15) is 13.2 Å². The van der Waals surface area contributed by atoms with E-state index < -0.39 is 10.5 Å². The van der Waals surface area contributed by atoms with Crippen LogP contribution in [0.4, 0.5) is 5.69 Å². The van der Waals surface area contributed by atoms with Gasteiger partial charge in [-0.1, -0.05) is 48.5 Å². The molecule has 3 aromatic rings. The lowest BCUT2D eigenvalue weighted by molar-refractivity contribution is 0.101. The Bertz CT molecular complexity index is 1110. The molecule has 1 aliphatic carbocycles. The molecular formula is C24H26N2O3S. The van der Waals surface area contributed by atoms with Crippen molar-refractivity contribution in [1.29, 1.82) is 4.78 Å². The maximum absolute atomic E-state index is 11.5. The Kier molecular flexibility index (Phi) is 7.36. The molecule has 0 aliphatic heterocycles. The number of nitrogens with one attached hydrogen (secondary N) is 2. The van der Waals surface area contributed by atoms with Gasteiger partial charge < -0.3 is 5.32 Å². The second kappa shape index (κ2) is 10.2. The minimum Gasteiger partial charge on any atom is -0.382 e. The van der Waals surface area contributed by atoms with Crippen molar-refractivity contribution in [3.63, 3.8) is 0 Å². The second-order valence-corrected chi connectivity index (χ2v) is 8.14. The van der Waals surface area contributed by atoms with Crippen LogP contribution in [0.25, 0.3) is 10.8 Å². The predicted octanol–water partition coefficient (Wildman–Crippen LogP) is 5.81. The van der Waals surface area contributed by atoms with E-state index in [2.05, 4.69) is 53.8 Å². The first-order valence-corrected chi connectivity index (χ1v) is 11.2. The summed E-state index contributed by atoms with van der Waals surface area (Å²) in [6.45, 7) is 1.61. The zero-order valence-electron chi connectivity index (χ0n) is 17.0. The normalized spacial score (nSPS) is 18.2. The second-order valence-electron chi connectivity index (χ2n) is 7.67. The highest BCUT2D eigenvalue weighted by molar-refractivity contribution is 7.60. The van der Waals surface area contributed by atoms with Gasteiger partial charge in [-0.25, -0.2) is 0 Å². The summed E-state index contributed by atoms with van der Waals surface area (Å²) in [4.78, 5) is 11.5. The first-order valence-electron chi connectivity index (χ1n) is 10.1. The van der Waals surface area contributed by atoms with Crippen LogP contribution in [0.15, 0.2) is 66.7 Å². The average Bonchev–Trinajstić information content (AvgIpc) is 2.74. The molecule has 6 heteroatoms. The molecule has 1 fully saturated rings. The summed E-state index contributed by atoms with van der Waals surface area (Å²) in [5.41, 5.74) is 3.44. The van der Waals surface area contributed by atoms with Crippen LogP contribution in [0.3, 0.4) is 0 Å². The van der Waals surface area contributed by atoms with Gasteiger partial charge >= 0.3 is 10.5 Å². The highest BCUT2D eigenvalue weighted by atomic mass is 32.2. The average molecular weight is 423 g/mol. The standard InChI is InChI=1S/C24H25NO.HNO2S/c1-17(26)20-7-8-22-16-24(14-11-21(22)15-20)25-23-12-9-19(10-13-23)18-5-3-2-4-6-18;1-4(2)3/h2-8,11,14-16,19,23,25H,9-10,12-13H2,1H3;1H. The predicted molar refractivity (Wildman–Crippen MR) is 121 cm³/mol. The fraction of sp³-hybridized carbons (Fsp3) is 0.292. The van der Waals surface area contributed by atoms with Crippen LogP contribution in [0.1, 0.15) is 54.4 Å². The summed E-state index contributed by atoms with van der Waals surface area (Å²) >= 11 is 0. The van der Waals surface area contributed by atoms with Gasteiger partial charge in [-0.15, -0.1) is 0 Å². The zero-order valence-corrected chi connectivity index (χ0v) is 17.8. The first kappa shape index (κ1) is 21.7. The van der Waals surface area contributed by atoms with Crippen LogP contribution in [-0.4, -0.2) is 20.2 Å². The highest BCUT2D eigenvalue weighted by Gasteiger charge is 2.22. The number of benzene rings is 3. The van der Waals surface area contributed by atoms with Crippen molar-refractivity contribution in [3.05, 3.63) is 77.9 Å². The number of Topliss-reactive ketones (excluding diaryl/α,β-unsaturated/α-hetero) is 1. The Labute approximate surface area is 178 Å². The molecule has 1 aliphatic rings. The maximum Gasteiger partial charge on any atom is 0.308 e. The molecular weight excluding hydrogens is 396 g/mol. The minimum atomic E-state index is -2.61. The molecule has 0 radical (unpaired) electrons. The lowest BCUT2D eigenvalue weighted by Gasteiger charge is -2.30. The van der Waals surface area contributed by atoms with Crippen LogP contribution < -0.4 is 5.32 Å². The molecule has 1 saturated carbocycles. The Hall–Kier alpha value is -2.99. The Morgan fingerprint density at radius 2 is 1.50 bits per heavy atom. The highest BCUT2D eigenvalue weighted by Crippen LogP contribution is 2.34. The molecule has 0 spiro atoms. The van der Waals surface area contributed by atoms with Crippen LogP contribution in [-0.2, 0) is 10.5 Å². The van der Waals surface area contributed by atoms with E-state index in [1.54, 1.807) is 6.92 Å². The summed E-state index contributed by atoms with van der Waals surface area (Å²) in [7, 11) is -2.61. The van der Waals surface area contributed by atoms with Crippen molar-refractivity contribution in [2.24, 2.45) is 0 Å². The molecule has 0 saturated heterocycles. The summed E-state index contributed by atoms with van der Waals surface area (Å²) in [5, 5.41) is 6.02. The van der Waals surface area contributed by atoms with Crippen molar-refractivity contribution in [2.75, 3.05) is 5.32 Å². The maximum atomic E-state index is 11.5. The molecule has 0 unspecified atom stereocenters. The number of anilines is 1. The number of hydrogen-bond acceptors (Lipinski definition) is 5. The Morgan fingerprint density at radius 3 is 2.13 bits per heavy atom. The summed E-state index contributed by atoms with van der Waals surface area (Å²) in [6.07, 6.45) is 4.91. The van der Waals surface area contributed by atoms with Gasteiger partial charge in [0.2, 0.25) is 0 Å². The number of carbonyl (C=O) groups is 1. The monoisotopic (exact) mass is 422 g/mol. The molecule has 0 bridgehead atoms. The SMILES string of the molecule is CC(=O)c1ccc2cc(NC3CCC(c4ccccc4)CC3)ccc2c1.N=S(=O)=O. The van der Waals surface area contributed by atoms with E-state index in [-0.39, 0.29) is 5.78 Å². The van der Waals surface area contributed by atoms with Crippen LogP contribution in [0.5, 0.6) is 0 Å². The molecule has 0 heterocycles. The van der Waals surface area contributed by atoms with E-state index >= 15 is 0 Å². The van der Waals surface area contributed by atoms with Gasteiger partial charge in [0.25, 0.3) is 0 Å². The lowest BCUT2D eigenvalue weighted by Crippen LogP contribution is -2.25. The number of carbonyl (C=O) groups excluding carboxylic acids is 1. The molecule has 0 atom stereocenters. The zero-order chi connectivity index (χ0) is 21.5. The lowest BCUT2D eigenvalue weighted by atomic mass is 9.81. The van der Waals surface area contributed by atoms with Gasteiger partial charge in [0, 0.05) is 17.3 Å². The van der Waals surface area contributed by atoms with Gasteiger partial charge in [-0.05, 0) is 73.1 Å². The molecule has 156 valence electrons. The van der Waals surface area contributed by atoms with E-state index in [1.165, 1.54) is 42.3 Å². The van der Waals surface area contributed by atoms with E-state index in [0.717, 1.165) is 10.9 Å². The molecule has 30 heavy (non-hydrogen) atoms. The van der Waals surface area contributed by atoms with Crippen molar-refractivity contribution in [3.8, 4) is 0 Å². The van der Waals surface area contributed by atoms with Crippen LogP contribution in [0, 0.1) is 4.78 Å². The molecule has 2 N–H and O–H groups in total. The minimum absolute atomic E-state index is 0.115. The van der Waals surface area contributed by atoms with Gasteiger partial charge in [0.15, 0.2) is 5.78 Å². The summed E-state index contributed by atoms with van der Waals surface area (Å²) < 4.78 is 22.8. The van der Waals surface area contributed by atoms with E-state index in [1.807, 2.05) is 18.2 Å². The molecule has 5 nitrogen and oxygen atoms in total. The Morgan fingerprint density at radius 1 is 0.900 bits per heavy atom. The van der Waals surface area contributed by atoms with Gasteiger partial charge in [0.1, 0.15) is 0 Å². The molecule has 4 rings (SSSR count). The van der Waals surface area contributed by atoms with E-state index in [0.29, 0.717) is 12.0 Å². The Balaban J connectivity index is 0.000000589. The number of ketones is 1. The smallest absolute Gasteiger partial charge is 0.308 e. The number of hydrogen-bond donors (Lipinski definition) is 2. The fourth-order valence-electron chi connectivity index (χ4n) is 4.09. The third-order valence-electron chi connectivity index (χ3n) is 5.62. The molecule has 0 amide bonds.